The Balaban J connectivity index is 0.962. The van der Waals surface area contributed by atoms with Gasteiger partial charge in [0, 0.05) is 54.1 Å². The predicted octanol–water partition coefficient (Wildman–Crippen LogP) is 6.14. The number of nitrogens with one attached hydrogen (secondary N) is 2. The minimum Gasteiger partial charge on any atom is -0.473 e. The highest BCUT2D eigenvalue weighted by atomic mass is 28.3. The van der Waals surface area contributed by atoms with Gasteiger partial charge in [0.15, 0.2) is 5.82 Å². The molecule has 2 aliphatic rings. The van der Waals surface area contributed by atoms with Crippen molar-refractivity contribution in [2.45, 2.75) is 31.8 Å². The van der Waals surface area contributed by atoms with Crippen LogP contribution in [0.5, 0.6) is 5.88 Å². The molecule has 11 nitrogen and oxygen atoms in total. The molecular weight excluding hydrogens is 671 g/mol. The Hall–Kier alpha value is -5.75. The van der Waals surface area contributed by atoms with Crippen LogP contribution in [0.3, 0.4) is 0 Å². The van der Waals surface area contributed by atoms with E-state index in [0.29, 0.717) is 46.7 Å². The van der Waals surface area contributed by atoms with Crippen molar-refractivity contribution in [3.8, 4) is 11.9 Å². The highest BCUT2D eigenvalue weighted by Crippen LogP contribution is 2.27. The lowest BCUT2D eigenvalue weighted by molar-refractivity contribution is 0.102. The molecule has 2 N–H and O–H groups in total. The Kier molecular flexibility index (Phi) is 8.82. The quantitative estimate of drug-likeness (QED) is 0.163. The molecule has 0 saturated carbocycles. The van der Waals surface area contributed by atoms with Crippen LogP contribution in [0.25, 0.3) is 27.5 Å². The number of fused-ring (bicyclic) bond motifs is 2. The minimum atomic E-state index is -0.967. The van der Waals surface area contributed by atoms with E-state index >= 15 is 0 Å². The maximum absolute atomic E-state index is 14.5. The molecule has 1 fully saturated rings. The number of pyridine rings is 1. The summed E-state index contributed by atoms with van der Waals surface area (Å²) in [6.07, 6.45) is 5.21. The molecule has 1 amide bonds. The molecule has 51 heavy (non-hydrogen) atoms. The number of hydrogen-bond donors (Lipinski definition) is 2. The fourth-order valence-electron chi connectivity index (χ4n) is 6.30. The van der Waals surface area contributed by atoms with Crippen molar-refractivity contribution in [3.05, 3.63) is 119 Å². The summed E-state index contributed by atoms with van der Waals surface area (Å²) < 4.78 is 42.7. The third kappa shape index (κ3) is 6.87. The first-order chi connectivity index (χ1) is 24.9. The van der Waals surface area contributed by atoms with E-state index in [4.69, 9.17) is 19.4 Å². The lowest BCUT2D eigenvalue weighted by Gasteiger charge is -2.28. The summed E-state index contributed by atoms with van der Waals surface area (Å²) in [7, 11) is -0.967. The molecule has 0 aliphatic carbocycles. The number of benzene rings is 3. The molecule has 1 saturated heterocycles. The van der Waals surface area contributed by atoms with Gasteiger partial charge < -0.3 is 19.0 Å². The number of nitriles is 1. The molecule has 6 aromatic rings. The van der Waals surface area contributed by atoms with Crippen LogP contribution >= 0.6 is 0 Å². The predicted molar refractivity (Wildman–Crippen MR) is 188 cm³/mol. The number of H-pyrrole nitrogens is 1. The number of imidazole rings is 1. The monoisotopic (exact) mass is 701 g/mol. The number of aromatic nitrogens is 5. The zero-order valence-electron chi connectivity index (χ0n) is 27.3. The molecule has 255 valence electrons. The van der Waals surface area contributed by atoms with Gasteiger partial charge in [-0.25, -0.2) is 18.7 Å². The van der Waals surface area contributed by atoms with E-state index in [0.717, 1.165) is 54.4 Å². The second-order valence-corrected chi connectivity index (χ2v) is 14.7. The van der Waals surface area contributed by atoms with Gasteiger partial charge in [0.2, 0.25) is 14.9 Å². The van der Waals surface area contributed by atoms with Crippen LogP contribution in [-0.2, 0) is 23.7 Å². The fraction of sp³-hybridized carbons (Fsp3) is 0.216. The van der Waals surface area contributed by atoms with Crippen LogP contribution < -0.4 is 10.1 Å². The van der Waals surface area contributed by atoms with Gasteiger partial charge in [0.25, 0.3) is 5.91 Å². The van der Waals surface area contributed by atoms with E-state index in [1.54, 1.807) is 36.4 Å². The number of nitrogens with zero attached hydrogens (tertiary/aromatic N) is 6. The van der Waals surface area contributed by atoms with Crippen molar-refractivity contribution in [2.75, 3.05) is 25.0 Å². The zero-order valence-corrected chi connectivity index (χ0v) is 28.3. The Morgan fingerprint density at radius 3 is 2.78 bits per heavy atom. The van der Waals surface area contributed by atoms with Crippen molar-refractivity contribution >= 4 is 48.1 Å². The van der Waals surface area contributed by atoms with Gasteiger partial charge in [-0.05, 0) is 66.6 Å². The van der Waals surface area contributed by atoms with Crippen LogP contribution in [0, 0.1) is 23.0 Å². The standard InChI is InChI=1S/C37H31F2N8O3Si/c38-29-14-23(18-40)4-5-26(29)21-49-35-3-1-2-31(44-35)24-8-10-46(11-9-24)20-34-43-32-16-25(6-7-33(32)47(34)22-51-13-12-50-51)37(48)42-28-15-27-19-41-45-36(27)30(39)17-28/h1-8,14-17,19H,9-13,20-22H2,(H,41,45)(H,42,48). The number of anilines is 1. The molecule has 14 heteroatoms. The number of aromatic amines is 1. The average Bonchev–Trinajstić information content (AvgIpc) is 3.74. The SMILES string of the molecule is N#Cc1ccc(COc2cccc(C3=CCN(Cc4nc5cc(C(=O)Nc6cc(F)c7[nH]ncc7c6)ccc5n4C[Si]4CCO4)CC3)n2)c(F)c1. The normalized spacial score (nSPS) is 15.0. The lowest BCUT2D eigenvalue weighted by Crippen LogP contribution is -2.37. The number of carbonyl (C=O) groups is 1. The number of halogens is 2. The summed E-state index contributed by atoms with van der Waals surface area (Å²) in [4.78, 5) is 25.2. The van der Waals surface area contributed by atoms with Crippen LogP contribution in [0.1, 0.15) is 39.4 Å². The van der Waals surface area contributed by atoms with E-state index in [-0.39, 0.29) is 23.6 Å². The number of carbonyl (C=O) groups excluding carboxylic acids is 1. The molecule has 5 heterocycles. The minimum absolute atomic E-state index is 0.00421. The number of ether oxygens (including phenoxy) is 1. The van der Waals surface area contributed by atoms with Crippen LogP contribution in [0.15, 0.2) is 79.0 Å². The molecule has 1 radical (unpaired) electrons. The third-order valence-electron chi connectivity index (χ3n) is 9.14. The van der Waals surface area contributed by atoms with E-state index in [1.165, 1.54) is 18.3 Å². The maximum atomic E-state index is 14.5. The van der Waals surface area contributed by atoms with Crippen molar-refractivity contribution in [1.82, 2.24) is 29.6 Å². The average molecular weight is 702 g/mol. The third-order valence-corrected chi connectivity index (χ3v) is 11.2. The largest absolute Gasteiger partial charge is 0.473 e. The number of rotatable bonds is 10. The molecule has 0 spiro atoms. The molecule has 3 aromatic carbocycles. The summed E-state index contributed by atoms with van der Waals surface area (Å²) in [6.45, 7) is 2.90. The first-order valence-electron chi connectivity index (χ1n) is 16.5. The Morgan fingerprint density at radius 2 is 2.00 bits per heavy atom. The first kappa shape index (κ1) is 32.5. The second-order valence-electron chi connectivity index (χ2n) is 12.5. The summed E-state index contributed by atoms with van der Waals surface area (Å²) in [5.74, 6) is -0.0352. The van der Waals surface area contributed by atoms with Gasteiger partial charge in [-0.15, -0.1) is 0 Å². The summed E-state index contributed by atoms with van der Waals surface area (Å²) in [6, 6.07) is 21.3. The summed E-state index contributed by atoms with van der Waals surface area (Å²) in [5.41, 5.74) is 5.23. The Morgan fingerprint density at radius 1 is 1.10 bits per heavy atom. The van der Waals surface area contributed by atoms with E-state index in [9.17, 15) is 13.6 Å². The molecule has 0 bridgehead atoms. The fourth-order valence-corrected chi connectivity index (χ4v) is 7.75. The van der Waals surface area contributed by atoms with Crippen molar-refractivity contribution in [3.63, 3.8) is 0 Å². The number of hydrogen-bond acceptors (Lipinski definition) is 8. The van der Waals surface area contributed by atoms with Crippen molar-refractivity contribution < 1.29 is 22.7 Å². The van der Waals surface area contributed by atoms with Crippen molar-refractivity contribution in [2.24, 2.45) is 0 Å². The molecule has 0 atom stereocenters. The molecule has 3 aromatic heterocycles. The number of amides is 1. The van der Waals surface area contributed by atoms with E-state index < -0.39 is 20.7 Å². The molecular formula is C37H31F2N8O3Si. The summed E-state index contributed by atoms with van der Waals surface area (Å²) >= 11 is 0. The van der Waals surface area contributed by atoms with Gasteiger partial charge in [0.1, 0.15) is 23.8 Å². The molecule has 0 unspecified atom stereocenters. The summed E-state index contributed by atoms with van der Waals surface area (Å²) in [5, 5.41) is 18.8. The van der Waals surface area contributed by atoms with E-state index in [2.05, 4.69) is 36.0 Å². The Labute approximate surface area is 292 Å². The van der Waals surface area contributed by atoms with Gasteiger partial charge in [-0.1, -0.05) is 18.2 Å². The first-order valence-corrected chi connectivity index (χ1v) is 18.3. The lowest BCUT2D eigenvalue weighted by atomic mass is 10.0. The van der Waals surface area contributed by atoms with Gasteiger partial charge in [-0.3, -0.25) is 14.8 Å². The van der Waals surface area contributed by atoms with Gasteiger partial charge in [-0.2, -0.15) is 10.4 Å². The smallest absolute Gasteiger partial charge is 0.255 e. The van der Waals surface area contributed by atoms with Crippen LogP contribution in [0.4, 0.5) is 14.5 Å². The Bertz CT molecular complexity index is 2360. The van der Waals surface area contributed by atoms with Crippen LogP contribution in [0.2, 0.25) is 6.04 Å². The molecule has 2 aliphatic heterocycles. The topological polar surface area (TPSA) is 134 Å². The zero-order chi connectivity index (χ0) is 34.9. The van der Waals surface area contributed by atoms with E-state index in [1.807, 2.05) is 24.3 Å². The highest BCUT2D eigenvalue weighted by molar-refractivity contribution is 6.53. The maximum Gasteiger partial charge on any atom is 0.255 e. The highest BCUT2D eigenvalue weighted by Gasteiger charge is 2.26. The van der Waals surface area contributed by atoms with Crippen LogP contribution in [-0.4, -0.2) is 64.3 Å². The van der Waals surface area contributed by atoms with Gasteiger partial charge >= 0.3 is 0 Å². The van der Waals surface area contributed by atoms with Gasteiger partial charge in [0.05, 0.1) is 41.1 Å². The van der Waals surface area contributed by atoms with Crippen molar-refractivity contribution in [1.29, 1.82) is 5.26 Å². The molecule has 8 rings (SSSR count). The second kappa shape index (κ2) is 13.9.